The van der Waals surface area contributed by atoms with E-state index in [1.54, 1.807) is 18.4 Å². The minimum absolute atomic E-state index is 0.171. The van der Waals surface area contributed by atoms with E-state index >= 15 is 0 Å². The van der Waals surface area contributed by atoms with Crippen molar-refractivity contribution in [3.8, 4) is 5.75 Å². The first-order chi connectivity index (χ1) is 13.6. The van der Waals surface area contributed by atoms with Gasteiger partial charge in [0.1, 0.15) is 11.6 Å². The summed E-state index contributed by atoms with van der Waals surface area (Å²) in [6.45, 7) is 9.18. The molecule has 2 aromatic rings. The van der Waals surface area contributed by atoms with Crippen LogP contribution < -0.4 is 15.0 Å². The molecule has 0 radical (unpaired) electrons. The average molecular weight is 398 g/mol. The molecule has 1 aromatic carbocycles. The van der Waals surface area contributed by atoms with Gasteiger partial charge in [-0.3, -0.25) is 0 Å². The van der Waals surface area contributed by atoms with E-state index in [4.69, 9.17) is 9.72 Å². The number of methoxy groups -OCH3 is 1. The van der Waals surface area contributed by atoms with E-state index in [0.29, 0.717) is 0 Å². The Morgan fingerprint density at radius 1 is 1.14 bits per heavy atom. The third-order valence-corrected chi connectivity index (χ3v) is 6.28. The van der Waals surface area contributed by atoms with Crippen LogP contribution in [0.15, 0.2) is 46.7 Å². The summed E-state index contributed by atoms with van der Waals surface area (Å²) in [5.74, 6) is 1.90. The zero-order valence-electron chi connectivity index (χ0n) is 16.7. The minimum atomic E-state index is -0.171. The number of hydrogen-bond donors (Lipinski definition) is 1. The topological polar surface area (TPSA) is 53.0 Å². The molecule has 1 N–H and O–H groups in total. The largest absolute Gasteiger partial charge is 0.497 e. The molecule has 0 aliphatic carbocycles. The number of piperazine rings is 1. The fourth-order valence-electron chi connectivity index (χ4n) is 3.48. The van der Waals surface area contributed by atoms with E-state index in [1.807, 2.05) is 18.3 Å². The van der Waals surface area contributed by atoms with Crippen LogP contribution in [0, 0.1) is 0 Å². The summed E-state index contributed by atoms with van der Waals surface area (Å²) in [6.07, 6.45) is 4.11. The Labute approximate surface area is 170 Å². The smallest absolute Gasteiger partial charge is 0.190 e. The second-order valence-corrected chi connectivity index (χ2v) is 8.39. The Morgan fingerprint density at radius 3 is 2.61 bits per heavy atom. The van der Waals surface area contributed by atoms with Crippen molar-refractivity contribution in [2.45, 2.75) is 19.3 Å². The third-order valence-electron chi connectivity index (χ3n) is 5.40. The molecule has 1 saturated heterocycles. The van der Waals surface area contributed by atoms with E-state index in [9.17, 15) is 0 Å². The molecule has 7 heteroatoms. The van der Waals surface area contributed by atoms with Crippen molar-refractivity contribution in [1.29, 1.82) is 0 Å². The van der Waals surface area contributed by atoms with E-state index in [0.717, 1.165) is 55.1 Å². The highest BCUT2D eigenvalue weighted by Gasteiger charge is 2.27. The number of ether oxygens (including phenoxy) is 1. The number of aromatic nitrogens is 1. The highest BCUT2D eigenvalue weighted by atomic mass is 32.1. The molecule has 0 spiro atoms. The maximum Gasteiger partial charge on any atom is 0.190 e. The Bertz CT molecular complexity index is 865. The standard InChI is InChI=1S/C21H27N5OS/c1-21(2,16-4-6-17(27-3)7-5-16)18-15-28-20(24-18)26-13-10-23-19(14-26)25-11-8-22-9-12-25/h4-7,10,14-15,22H,8-9,11-13H2,1-3H3. The van der Waals surface area contributed by atoms with Gasteiger partial charge in [0.2, 0.25) is 0 Å². The zero-order valence-corrected chi connectivity index (χ0v) is 17.5. The van der Waals surface area contributed by atoms with Crippen molar-refractivity contribution in [2.75, 3.05) is 44.7 Å². The predicted octanol–water partition coefficient (Wildman–Crippen LogP) is 3.07. The second-order valence-electron chi connectivity index (χ2n) is 7.56. The van der Waals surface area contributed by atoms with Gasteiger partial charge in [-0.25, -0.2) is 9.98 Å². The molecule has 0 bridgehead atoms. The first-order valence-electron chi connectivity index (χ1n) is 9.65. The number of nitrogens with zero attached hydrogens (tertiary/aromatic N) is 4. The van der Waals surface area contributed by atoms with Crippen LogP contribution in [0.2, 0.25) is 0 Å². The van der Waals surface area contributed by atoms with Gasteiger partial charge in [0.15, 0.2) is 5.13 Å². The predicted molar refractivity (Wildman–Crippen MR) is 116 cm³/mol. The molecule has 4 rings (SSSR count). The van der Waals surface area contributed by atoms with Crippen molar-refractivity contribution < 1.29 is 4.74 Å². The fraction of sp³-hybridized carbons (Fsp3) is 0.429. The van der Waals surface area contributed by atoms with Gasteiger partial charge in [-0.05, 0) is 17.7 Å². The lowest BCUT2D eigenvalue weighted by atomic mass is 9.82. The summed E-state index contributed by atoms with van der Waals surface area (Å²) in [5.41, 5.74) is 2.13. The van der Waals surface area contributed by atoms with Crippen LogP contribution in [0.1, 0.15) is 25.1 Å². The zero-order chi connectivity index (χ0) is 19.6. The highest BCUT2D eigenvalue weighted by Crippen LogP contribution is 2.35. The first-order valence-corrected chi connectivity index (χ1v) is 10.5. The van der Waals surface area contributed by atoms with Gasteiger partial charge in [0, 0.05) is 49.4 Å². The van der Waals surface area contributed by atoms with Crippen LogP contribution in [-0.2, 0) is 5.41 Å². The number of nitrogens with one attached hydrogen (secondary N) is 1. The van der Waals surface area contributed by atoms with Crippen molar-refractivity contribution in [3.63, 3.8) is 0 Å². The van der Waals surface area contributed by atoms with Crippen molar-refractivity contribution in [1.82, 2.24) is 15.2 Å². The average Bonchev–Trinajstić information content (AvgIpc) is 3.26. The number of anilines is 1. The summed E-state index contributed by atoms with van der Waals surface area (Å²) in [4.78, 5) is 14.1. The molecule has 0 amide bonds. The monoisotopic (exact) mass is 397 g/mol. The van der Waals surface area contributed by atoms with E-state index in [1.165, 1.54) is 5.56 Å². The maximum absolute atomic E-state index is 5.28. The number of benzene rings is 1. The number of aliphatic imine (C=N–C) groups is 1. The molecular weight excluding hydrogens is 370 g/mol. The van der Waals surface area contributed by atoms with Gasteiger partial charge in [-0.2, -0.15) is 0 Å². The fourth-order valence-corrected chi connectivity index (χ4v) is 4.46. The van der Waals surface area contributed by atoms with Crippen LogP contribution in [0.3, 0.4) is 0 Å². The molecule has 2 aliphatic rings. The molecular formula is C21H27N5OS. The molecule has 1 fully saturated rings. The quantitative estimate of drug-likeness (QED) is 0.840. The minimum Gasteiger partial charge on any atom is -0.497 e. The second kappa shape index (κ2) is 7.93. The van der Waals surface area contributed by atoms with Gasteiger partial charge in [0.25, 0.3) is 0 Å². The summed E-state index contributed by atoms with van der Waals surface area (Å²) in [5, 5.41) is 6.57. The molecule has 28 heavy (non-hydrogen) atoms. The summed E-state index contributed by atoms with van der Waals surface area (Å²) in [7, 11) is 1.69. The lowest BCUT2D eigenvalue weighted by Gasteiger charge is -2.32. The van der Waals surface area contributed by atoms with E-state index < -0.39 is 0 Å². The summed E-state index contributed by atoms with van der Waals surface area (Å²) in [6, 6.07) is 8.25. The lowest BCUT2D eigenvalue weighted by Crippen LogP contribution is -2.43. The number of hydrogen-bond acceptors (Lipinski definition) is 7. The Hall–Kier alpha value is -2.38. The third kappa shape index (κ3) is 3.77. The van der Waals surface area contributed by atoms with Gasteiger partial charge < -0.3 is 19.9 Å². The van der Waals surface area contributed by atoms with Crippen LogP contribution in [-0.4, -0.2) is 55.9 Å². The van der Waals surface area contributed by atoms with Crippen LogP contribution >= 0.6 is 11.3 Å². The van der Waals surface area contributed by atoms with Crippen LogP contribution in [0.25, 0.3) is 0 Å². The maximum atomic E-state index is 5.28. The molecule has 0 unspecified atom stereocenters. The first kappa shape index (κ1) is 19.0. The van der Waals surface area contributed by atoms with E-state index in [2.05, 4.69) is 57.7 Å². The van der Waals surface area contributed by atoms with E-state index in [-0.39, 0.29) is 5.41 Å². The van der Waals surface area contributed by atoms with Gasteiger partial charge in [-0.1, -0.05) is 26.0 Å². The van der Waals surface area contributed by atoms with Crippen molar-refractivity contribution in [3.05, 3.63) is 52.9 Å². The highest BCUT2D eigenvalue weighted by molar-refractivity contribution is 7.13. The SMILES string of the molecule is COc1ccc(C(C)(C)c2csc(N3C=C(N4CCNCC4)N=CC3)n2)cc1. The van der Waals surface area contributed by atoms with Gasteiger partial charge >= 0.3 is 0 Å². The molecule has 148 valence electrons. The number of thiazole rings is 1. The molecule has 3 heterocycles. The number of rotatable bonds is 5. The van der Waals surface area contributed by atoms with Crippen LogP contribution in [0.5, 0.6) is 5.75 Å². The molecule has 0 atom stereocenters. The Kier molecular flexibility index (Phi) is 5.37. The summed E-state index contributed by atoms with van der Waals surface area (Å²) < 4.78 is 5.28. The van der Waals surface area contributed by atoms with Crippen molar-refractivity contribution in [2.24, 2.45) is 4.99 Å². The molecule has 0 saturated carbocycles. The summed E-state index contributed by atoms with van der Waals surface area (Å²) >= 11 is 1.69. The molecule has 1 aromatic heterocycles. The van der Waals surface area contributed by atoms with Crippen molar-refractivity contribution >= 4 is 22.7 Å². The Balaban J connectivity index is 1.54. The lowest BCUT2D eigenvalue weighted by molar-refractivity contribution is 0.295. The van der Waals surface area contributed by atoms with Gasteiger partial charge in [0.05, 0.1) is 19.3 Å². The molecule has 2 aliphatic heterocycles. The van der Waals surface area contributed by atoms with Gasteiger partial charge in [-0.15, -0.1) is 11.3 Å². The normalized spacial score (nSPS) is 17.6. The van der Waals surface area contributed by atoms with Crippen LogP contribution in [0.4, 0.5) is 5.13 Å². The Morgan fingerprint density at radius 2 is 1.89 bits per heavy atom. The molecule has 6 nitrogen and oxygen atoms in total.